The van der Waals surface area contributed by atoms with E-state index in [9.17, 15) is 17.8 Å². The smallest absolute Gasteiger partial charge is 0.724 e. The van der Waals surface area contributed by atoms with E-state index in [1.807, 2.05) is 0 Å². The molecule has 1 aromatic rings. The monoisotopic (exact) mass is 401 g/mol. The Morgan fingerprint density at radius 1 is 1.41 bits per heavy atom. The Kier molecular flexibility index (Phi) is 4.01. The van der Waals surface area contributed by atoms with Crippen LogP contribution in [-0.2, 0) is 21.1 Å². The maximum absolute atomic E-state index is 12.4. The molecule has 2 bridgehead atoms. The summed E-state index contributed by atoms with van der Waals surface area (Å²) in [6, 6.07) is -1.76. The van der Waals surface area contributed by atoms with Crippen LogP contribution in [-0.4, -0.2) is 63.2 Å². The Morgan fingerprint density at radius 2 is 2.15 bits per heavy atom. The van der Waals surface area contributed by atoms with Crippen molar-refractivity contribution in [1.82, 2.24) is 20.2 Å². The van der Waals surface area contributed by atoms with Crippen LogP contribution < -0.4 is 11.5 Å². The molecule has 1 saturated carbocycles. The lowest BCUT2D eigenvalue weighted by Crippen LogP contribution is -2.35. The van der Waals surface area contributed by atoms with Crippen molar-refractivity contribution >= 4 is 22.4 Å². The number of hydrogen-bond acceptors (Lipinski definition) is 9. The first-order valence-corrected chi connectivity index (χ1v) is 9.67. The lowest BCUT2D eigenvalue weighted by Gasteiger charge is -2.27. The number of carbonyl (C=O) groups is 1. The van der Waals surface area contributed by atoms with Crippen LogP contribution in [0.1, 0.15) is 44.9 Å². The molecule has 14 heteroatoms. The third kappa shape index (κ3) is 3.54. The summed E-state index contributed by atoms with van der Waals surface area (Å²) in [5.41, 5.74) is 10.5. The highest BCUT2D eigenvalue weighted by Crippen LogP contribution is 2.43. The van der Waals surface area contributed by atoms with Gasteiger partial charge < -0.3 is 25.3 Å². The summed E-state index contributed by atoms with van der Waals surface area (Å²) in [4.78, 5) is 18.0. The van der Waals surface area contributed by atoms with Crippen LogP contribution in [0.5, 0.6) is 0 Å². The largest absolute Gasteiger partial charge is 1.00 e. The predicted molar refractivity (Wildman–Crippen MR) is 87.4 cm³/mol. The second-order valence-electron chi connectivity index (χ2n) is 6.96. The van der Waals surface area contributed by atoms with Crippen LogP contribution in [0.2, 0.25) is 0 Å². The van der Waals surface area contributed by atoms with Gasteiger partial charge in [-0.3, -0.25) is 0 Å². The van der Waals surface area contributed by atoms with Crippen molar-refractivity contribution in [2.45, 2.75) is 49.7 Å². The number of fused-ring (bicyclic) bond motifs is 2. The van der Waals surface area contributed by atoms with Crippen LogP contribution in [0.15, 0.2) is 9.41 Å². The maximum Gasteiger partial charge on any atom is 1.00 e. The molecule has 0 spiro atoms. The zero-order valence-electron chi connectivity index (χ0n) is 15.1. The van der Waals surface area contributed by atoms with E-state index in [1.165, 1.54) is 4.90 Å². The molecule has 27 heavy (non-hydrogen) atoms. The number of hydroxylamine groups is 2. The summed E-state index contributed by atoms with van der Waals surface area (Å²) in [6.45, 7) is 0.203. The molecule has 3 heterocycles. The third-order valence-corrected chi connectivity index (χ3v) is 5.28. The average Bonchev–Trinajstić information content (AvgIpc) is 3.07. The lowest BCUT2D eigenvalue weighted by molar-refractivity contribution is -0.0328. The van der Waals surface area contributed by atoms with Crippen LogP contribution in [0.4, 0.5) is 4.79 Å². The highest BCUT2D eigenvalue weighted by molar-refractivity contribution is 7.80. The minimum absolute atomic E-state index is 0. The number of urea groups is 1. The molecule has 0 unspecified atom stereocenters. The number of aromatic nitrogens is 2. The van der Waals surface area contributed by atoms with E-state index in [4.69, 9.17) is 15.9 Å². The molecule has 4 N–H and O–H groups in total. The van der Waals surface area contributed by atoms with Crippen molar-refractivity contribution < 1.29 is 27.9 Å². The molecule has 2 aliphatic heterocycles. The Morgan fingerprint density at radius 3 is 2.78 bits per heavy atom. The van der Waals surface area contributed by atoms with Gasteiger partial charge in [-0.25, -0.2) is 18.2 Å². The summed E-state index contributed by atoms with van der Waals surface area (Å²) in [5, 5.41) is 8.64. The van der Waals surface area contributed by atoms with Crippen LogP contribution >= 0.6 is 0 Å². The standard InChI is InChI=1S/C13H19N7O6S/c14-11(15)16-13(3-4-13)5-9-17-18-10(25-9)8-2-1-7-6-19(8)12(21)20(7)26-27(22,23)24/h7-8H,1-6H2,(H4,14,15,16)(H,22,23,24)/t7-,8+/m1/s1. The fourth-order valence-electron chi connectivity index (χ4n) is 3.59. The highest BCUT2D eigenvalue weighted by atomic mass is 32.3. The van der Waals surface area contributed by atoms with Crippen molar-refractivity contribution in [2.75, 3.05) is 6.54 Å². The van der Waals surface area contributed by atoms with Crippen molar-refractivity contribution in [3.05, 3.63) is 11.8 Å². The number of amides is 2. The van der Waals surface area contributed by atoms with Gasteiger partial charge in [-0.2, -0.15) is 9.35 Å². The van der Waals surface area contributed by atoms with E-state index in [-0.39, 0.29) is 19.8 Å². The maximum atomic E-state index is 12.4. The summed E-state index contributed by atoms with van der Waals surface area (Å²) in [5.74, 6) is 0.599. The fourth-order valence-corrected chi connectivity index (χ4v) is 3.97. The lowest BCUT2D eigenvalue weighted by atomic mass is 10.0. The summed E-state index contributed by atoms with van der Waals surface area (Å²) >= 11 is 0. The molecule has 148 valence electrons. The average molecular weight is 401 g/mol. The van der Waals surface area contributed by atoms with Gasteiger partial charge in [0, 0.05) is 6.54 Å². The van der Waals surface area contributed by atoms with Crippen molar-refractivity contribution in [3.8, 4) is 0 Å². The van der Waals surface area contributed by atoms with Crippen LogP contribution in [0, 0.1) is 0 Å². The van der Waals surface area contributed by atoms with E-state index in [1.54, 1.807) is 0 Å². The summed E-state index contributed by atoms with van der Waals surface area (Å²) in [6.07, 6.45) is 2.92. The quantitative estimate of drug-likeness (QED) is 0.255. The first kappa shape index (κ1) is 17.9. The molecule has 0 aromatic carbocycles. The number of guanidine groups is 1. The summed E-state index contributed by atoms with van der Waals surface area (Å²) in [7, 11) is -5.04. The second kappa shape index (κ2) is 6.03. The van der Waals surface area contributed by atoms with Gasteiger partial charge in [0.1, 0.15) is 6.04 Å². The molecule has 3 fully saturated rings. The molecular formula is C13H19N7O6S. The SMILES string of the molecule is NC(N)=NC1(Cc2nnc([C@@H]3CC[C@@H]4CN3C(=O)N4OS(=O)(=O)[O-])o2)CC1.[H+]. The molecule has 2 amide bonds. The Hall–Kier alpha value is -2.45. The molecular weight excluding hydrogens is 382 g/mol. The van der Waals surface area contributed by atoms with E-state index >= 15 is 0 Å². The molecule has 1 aromatic heterocycles. The summed E-state index contributed by atoms with van der Waals surface area (Å²) < 4.78 is 42.5. The highest BCUT2D eigenvalue weighted by Gasteiger charge is 2.49. The van der Waals surface area contributed by atoms with Crippen LogP contribution in [0.3, 0.4) is 0 Å². The van der Waals surface area contributed by atoms with Gasteiger partial charge in [0.2, 0.25) is 22.2 Å². The number of carbonyl (C=O) groups excluding carboxylic acids is 1. The normalized spacial score (nSPS) is 26.3. The van der Waals surface area contributed by atoms with E-state index < -0.39 is 34.1 Å². The molecule has 4 rings (SSSR count). The van der Waals surface area contributed by atoms with Gasteiger partial charge in [0.05, 0.1) is 18.0 Å². The number of nitrogens with two attached hydrogens (primary N) is 2. The van der Waals surface area contributed by atoms with Gasteiger partial charge in [-0.1, -0.05) is 0 Å². The topological polar surface area (TPSA) is 193 Å². The number of piperidine rings is 1. The predicted octanol–water partition coefficient (Wildman–Crippen LogP) is -1.14. The Balaban J connectivity index is 0.00000225. The zero-order chi connectivity index (χ0) is 19.4. The van der Waals surface area contributed by atoms with Gasteiger partial charge in [-0.15, -0.1) is 10.2 Å². The Labute approximate surface area is 155 Å². The first-order valence-electron chi connectivity index (χ1n) is 8.34. The van der Waals surface area contributed by atoms with Gasteiger partial charge >= 0.3 is 7.46 Å². The van der Waals surface area contributed by atoms with Gasteiger partial charge in [0.25, 0.3) is 0 Å². The third-order valence-electron chi connectivity index (χ3n) is 4.94. The fraction of sp³-hybridized carbons (Fsp3) is 0.692. The first-order chi connectivity index (χ1) is 12.7. The minimum atomic E-state index is -5.04. The van der Waals surface area contributed by atoms with Crippen molar-refractivity contribution in [1.29, 1.82) is 0 Å². The van der Waals surface area contributed by atoms with E-state index in [0.29, 0.717) is 30.2 Å². The Bertz CT molecular complexity index is 897. The number of hydrogen-bond donors (Lipinski definition) is 2. The molecule has 0 radical (unpaired) electrons. The van der Waals surface area contributed by atoms with Crippen molar-refractivity contribution in [2.24, 2.45) is 16.5 Å². The zero-order valence-corrected chi connectivity index (χ0v) is 15.0. The molecule has 3 aliphatic rings. The molecule has 13 nitrogen and oxygen atoms in total. The molecule has 1 aliphatic carbocycles. The van der Waals surface area contributed by atoms with Gasteiger partial charge in [-0.05, 0) is 25.7 Å². The van der Waals surface area contributed by atoms with Gasteiger partial charge in [0.15, 0.2) is 5.96 Å². The van der Waals surface area contributed by atoms with E-state index in [0.717, 1.165) is 12.8 Å². The number of nitrogens with zero attached hydrogens (tertiary/aromatic N) is 5. The minimum Gasteiger partial charge on any atom is -0.724 e. The molecule has 2 atom stereocenters. The van der Waals surface area contributed by atoms with E-state index in [2.05, 4.69) is 19.5 Å². The van der Waals surface area contributed by atoms with Crippen molar-refractivity contribution in [3.63, 3.8) is 0 Å². The number of rotatable bonds is 6. The second-order valence-corrected chi connectivity index (χ2v) is 7.93. The number of aliphatic imine (C=N–C) groups is 1. The molecule has 2 saturated heterocycles. The van der Waals surface area contributed by atoms with Crippen LogP contribution in [0.25, 0.3) is 0 Å².